The van der Waals surface area contributed by atoms with Gasteiger partial charge in [-0.3, -0.25) is 4.79 Å². The van der Waals surface area contributed by atoms with Gasteiger partial charge in [0.05, 0.1) is 25.2 Å². The molecule has 0 aromatic heterocycles. The van der Waals surface area contributed by atoms with Crippen LogP contribution < -0.4 is 20.5 Å². The fourth-order valence-corrected chi connectivity index (χ4v) is 3.22. The first-order valence-electron chi connectivity index (χ1n) is 7.62. The summed E-state index contributed by atoms with van der Waals surface area (Å²) < 4.78 is 10.5. The van der Waals surface area contributed by atoms with Crippen LogP contribution in [0.4, 0.5) is 11.4 Å². The maximum absolute atomic E-state index is 12.6. The van der Waals surface area contributed by atoms with E-state index in [1.807, 2.05) is 31.2 Å². The van der Waals surface area contributed by atoms with Gasteiger partial charge in [-0.2, -0.15) is 0 Å². The summed E-state index contributed by atoms with van der Waals surface area (Å²) in [5.41, 5.74) is 7.08. The number of nitrogens with two attached hydrogens (primary N) is 1. The van der Waals surface area contributed by atoms with Crippen molar-refractivity contribution in [3.63, 3.8) is 0 Å². The average Bonchev–Trinajstić information content (AvgIpc) is 2.59. The van der Waals surface area contributed by atoms with Crippen molar-refractivity contribution in [2.24, 2.45) is 0 Å². The van der Waals surface area contributed by atoms with E-state index in [9.17, 15) is 4.79 Å². The van der Waals surface area contributed by atoms with Crippen LogP contribution in [0.5, 0.6) is 11.5 Å². The van der Waals surface area contributed by atoms with E-state index >= 15 is 0 Å². The summed E-state index contributed by atoms with van der Waals surface area (Å²) >= 11 is 1.49. The second kappa shape index (κ2) is 8.49. The number of nitrogens with one attached hydrogen (secondary N) is 1. The van der Waals surface area contributed by atoms with Crippen LogP contribution >= 0.6 is 11.8 Å². The lowest BCUT2D eigenvalue weighted by atomic mass is 10.2. The fourth-order valence-electron chi connectivity index (χ4n) is 2.20. The summed E-state index contributed by atoms with van der Waals surface area (Å²) in [7, 11) is 3.15. The van der Waals surface area contributed by atoms with Crippen molar-refractivity contribution in [3.05, 3.63) is 42.5 Å². The van der Waals surface area contributed by atoms with Crippen molar-refractivity contribution in [2.75, 3.05) is 25.3 Å². The zero-order valence-corrected chi connectivity index (χ0v) is 14.9. The van der Waals surface area contributed by atoms with Crippen molar-refractivity contribution < 1.29 is 14.3 Å². The lowest BCUT2D eigenvalue weighted by Crippen LogP contribution is -2.24. The second-order valence-electron chi connectivity index (χ2n) is 5.14. The van der Waals surface area contributed by atoms with Crippen molar-refractivity contribution >= 4 is 29.0 Å². The van der Waals surface area contributed by atoms with E-state index in [-0.39, 0.29) is 11.2 Å². The van der Waals surface area contributed by atoms with Gasteiger partial charge in [-0.05, 0) is 36.8 Å². The first kappa shape index (κ1) is 18.0. The Morgan fingerprint density at radius 2 is 2.00 bits per heavy atom. The van der Waals surface area contributed by atoms with Gasteiger partial charge >= 0.3 is 0 Å². The molecule has 24 heavy (non-hydrogen) atoms. The van der Waals surface area contributed by atoms with Gasteiger partial charge in [-0.1, -0.05) is 13.0 Å². The minimum Gasteiger partial charge on any atom is -0.497 e. The molecule has 128 valence electrons. The molecule has 0 aliphatic rings. The van der Waals surface area contributed by atoms with Gasteiger partial charge in [0, 0.05) is 16.6 Å². The maximum atomic E-state index is 12.6. The number of thioether (sulfide) groups is 1. The molecule has 1 atom stereocenters. The average molecular weight is 346 g/mol. The molecule has 3 N–H and O–H groups in total. The molecule has 0 saturated carbocycles. The van der Waals surface area contributed by atoms with Crippen LogP contribution in [0.2, 0.25) is 0 Å². The molecular weight excluding hydrogens is 324 g/mol. The number of hydrogen-bond donors (Lipinski definition) is 2. The van der Waals surface area contributed by atoms with Gasteiger partial charge in [0.15, 0.2) is 0 Å². The minimum absolute atomic E-state index is 0.0866. The monoisotopic (exact) mass is 346 g/mol. The largest absolute Gasteiger partial charge is 0.497 e. The number of hydrogen-bond acceptors (Lipinski definition) is 5. The van der Waals surface area contributed by atoms with E-state index in [0.717, 1.165) is 4.90 Å². The number of carbonyl (C=O) groups excluding carboxylic acids is 1. The molecule has 0 aliphatic heterocycles. The minimum atomic E-state index is -0.234. The highest BCUT2D eigenvalue weighted by Crippen LogP contribution is 2.31. The van der Waals surface area contributed by atoms with Crippen LogP contribution in [0.15, 0.2) is 47.4 Å². The summed E-state index contributed by atoms with van der Waals surface area (Å²) in [6.45, 7) is 1.98. The first-order valence-corrected chi connectivity index (χ1v) is 8.50. The molecule has 0 radical (unpaired) electrons. The van der Waals surface area contributed by atoms with Crippen molar-refractivity contribution in [2.45, 2.75) is 23.5 Å². The zero-order chi connectivity index (χ0) is 17.5. The van der Waals surface area contributed by atoms with Gasteiger partial charge < -0.3 is 20.5 Å². The van der Waals surface area contributed by atoms with Gasteiger partial charge in [-0.15, -0.1) is 11.8 Å². The molecule has 1 amide bonds. The molecule has 1 unspecified atom stereocenters. The molecule has 0 heterocycles. The topological polar surface area (TPSA) is 73.6 Å². The fraction of sp³-hybridized carbons (Fsp3) is 0.278. The molecule has 0 bridgehead atoms. The highest BCUT2D eigenvalue weighted by atomic mass is 32.2. The van der Waals surface area contributed by atoms with E-state index in [0.29, 0.717) is 29.3 Å². The van der Waals surface area contributed by atoms with E-state index in [1.165, 1.54) is 11.8 Å². The van der Waals surface area contributed by atoms with Gasteiger partial charge in [0.1, 0.15) is 11.5 Å². The Morgan fingerprint density at radius 1 is 1.21 bits per heavy atom. The molecule has 6 heteroatoms. The Morgan fingerprint density at radius 3 is 2.62 bits per heavy atom. The molecule has 2 rings (SSSR count). The van der Waals surface area contributed by atoms with Crippen LogP contribution in [0.3, 0.4) is 0 Å². The SMILES string of the molecule is CCC(Sc1cccc(N)c1)C(=O)Nc1cc(OC)ccc1OC. The highest BCUT2D eigenvalue weighted by molar-refractivity contribution is 8.00. The Balaban J connectivity index is 2.14. The van der Waals surface area contributed by atoms with E-state index in [1.54, 1.807) is 32.4 Å². The van der Waals surface area contributed by atoms with E-state index in [2.05, 4.69) is 5.32 Å². The number of anilines is 2. The van der Waals surface area contributed by atoms with Crippen LogP contribution in [-0.4, -0.2) is 25.4 Å². The molecule has 2 aromatic rings. The zero-order valence-electron chi connectivity index (χ0n) is 14.0. The maximum Gasteiger partial charge on any atom is 0.237 e. The van der Waals surface area contributed by atoms with Gasteiger partial charge in [-0.25, -0.2) is 0 Å². The Bertz CT molecular complexity index is 706. The summed E-state index contributed by atoms with van der Waals surface area (Å²) in [4.78, 5) is 13.6. The summed E-state index contributed by atoms with van der Waals surface area (Å²) in [6.07, 6.45) is 0.692. The number of amides is 1. The molecular formula is C18H22N2O3S. The third-order valence-corrected chi connectivity index (χ3v) is 4.82. The standard InChI is InChI=1S/C18H22N2O3S/c1-4-17(24-14-7-5-6-12(19)10-14)18(21)20-15-11-13(22-2)8-9-16(15)23-3/h5-11,17H,4,19H2,1-3H3,(H,20,21). The van der Waals surface area contributed by atoms with Crippen LogP contribution in [0, 0.1) is 0 Å². The van der Waals surface area contributed by atoms with Crippen LogP contribution in [0.25, 0.3) is 0 Å². The molecule has 0 aliphatic carbocycles. The lowest BCUT2D eigenvalue weighted by molar-refractivity contribution is -0.115. The van der Waals surface area contributed by atoms with Gasteiger partial charge in [0.2, 0.25) is 5.91 Å². The Labute approximate surface area is 146 Å². The molecule has 0 spiro atoms. The van der Waals surface area contributed by atoms with E-state index < -0.39 is 0 Å². The van der Waals surface area contributed by atoms with Crippen LogP contribution in [-0.2, 0) is 4.79 Å². The summed E-state index contributed by atoms with van der Waals surface area (Å²) in [5.74, 6) is 1.16. The quantitative estimate of drug-likeness (QED) is 0.589. The molecule has 2 aromatic carbocycles. The number of carbonyl (C=O) groups is 1. The van der Waals surface area contributed by atoms with E-state index in [4.69, 9.17) is 15.2 Å². The van der Waals surface area contributed by atoms with Crippen molar-refractivity contribution in [3.8, 4) is 11.5 Å². The third kappa shape index (κ3) is 4.58. The highest BCUT2D eigenvalue weighted by Gasteiger charge is 2.19. The molecule has 5 nitrogen and oxygen atoms in total. The predicted octanol–water partition coefficient (Wildman–Crippen LogP) is 3.80. The smallest absolute Gasteiger partial charge is 0.237 e. The molecule has 0 saturated heterocycles. The van der Waals surface area contributed by atoms with Crippen molar-refractivity contribution in [1.82, 2.24) is 0 Å². The number of ether oxygens (including phenoxy) is 2. The van der Waals surface area contributed by atoms with Crippen LogP contribution in [0.1, 0.15) is 13.3 Å². The predicted molar refractivity (Wildman–Crippen MR) is 99.0 cm³/mol. The number of benzene rings is 2. The second-order valence-corrected chi connectivity index (χ2v) is 6.42. The Hall–Kier alpha value is -2.34. The third-order valence-electron chi connectivity index (χ3n) is 3.46. The summed E-state index contributed by atoms with van der Waals surface area (Å²) in [6, 6.07) is 12.8. The number of nitrogen functional groups attached to an aromatic ring is 1. The van der Waals surface area contributed by atoms with Gasteiger partial charge in [0.25, 0.3) is 0 Å². The van der Waals surface area contributed by atoms with Crippen molar-refractivity contribution in [1.29, 1.82) is 0 Å². The molecule has 0 fully saturated rings. The lowest BCUT2D eigenvalue weighted by Gasteiger charge is -2.17. The first-order chi connectivity index (χ1) is 11.6. The normalized spacial score (nSPS) is 11.6. The Kier molecular flexibility index (Phi) is 6.37. The number of methoxy groups -OCH3 is 2. The summed E-state index contributed by atoms with van der Waals surface area (Å²) in [5, 5.41) is 2.69. The number of rotatable bonds is 7.